The summed E-state index contributed by atoms with van der Waals surface area (Å²) < 4.78 is 5.28. The highest BCUT2D eigenvalue weighted by molar-refractivity contribution is 9.09. The Morgan fingerprint density at radius 1 is 1.40 bits per heavy atom. The Labute approximate surface area is 80.2 Å². The van der Waals surface area contributed by atoms with Crippen LogP contribution >= 0.6 is 39.1 Å². The van der Waals surface area contributed by atoms with E-state index in [9.17, 15) is 0 Å². The molecule has 0 amide bonds. The molecule has 0 aromatic carbocycles. The Morgan fingerprint density at radius 2 is 2.00 bits per heavy atom. The summed E-state index contributed by atoms with van der Waals surface area (Å²) in [6.07, 6.45) is 0.0316. The zero-order chi connectivity index (χ0) is 7.98. The van der Waals surface area contributed by atoms with Crippen molar-refractivity contribution in [1.29, 1.82) is 0 Å². The lowest BCUT2D eigenvalue weighted by atomic mass is 10.3. The van der Waals surface area contributed by atoms with Gasteiger partial charge in [-0.3, -0.25) is 0 Å². The number of alkyl halides is 3. The van der Waals surface area contributed by atoms with Gasteiger partial charge in [0.15, 0.2) is 0 Å². The van der Waals surface area contributed by atoms with Crippen molar-refractivity contribution in [1.82, 2.24) is 0 Å². The lowest BCUT2D eigenvalue weighted by Gasteiger charge is -2.17. The molecule has 0 aliphatic heterocycles. The van der Waals surface area contributed by atoms with Gasteiger partial charge in [0.2, 0.25) is 0 Å². The van der Waals surface area contributed by atoms with Crippen LogP contribution in [0.15, 0.2) is 0 Å². The molecule has 0 fully saturated rings. The van der Waals surface area contributed by atoms with Crippen molar-refractivity contribution in [3.63, 3.8) is 0 Å². The summed E-state index contributed by atoms with van der Waals surface area (Å²) in [5.41, 5.74) is 0. The molecule has 4 heteroatoms. The number of ether oxygens (including phenoxy) is 1. The van der Waals surface area contributed by atoms with Gasteiger partial charge in [-0.1, -0.05) is 15.9 Å². The largest absolute Gasteiger partial charge is 0.376 e. The van der Waals surface area contributed by atoms with Gasteiger partial charge in [0.1, 0.15) is 0 Å². The summed E-state index contributed by atoms with van der Waals surface area (Å²) in [5, 5.41) is 0. The highest BCUT2D eigenvalue weighted by atomic mass is 79.9. The predicted molar refractivity (Wildman–Crippen MR) is 49.6 cm³/mol. The zero-order valence-corrected chi connectivity index (χ0v) is 8.92. The van der Waals surface area contributed by atoms with E-state index in [0.29, 0.717) is 18.4 Å². The molecule has 2 atom stereocenters. The van der Waals surface area contributed by atoms with Crippen LogP contribution in [0, 0.1) is 0 Å². The summed E-state index contributed by atoms with van der Waals surface area (Å²) in [7, 11) is 0. The van der Waals surface area contributed by atoms with E-state index in [-0.39, 0.29) is 10.9 Å². The summed E-state index contributed by atoms with van der Waals surface area (Å²) >= 11 is 14.5. The summed E-state index contributed by atoms with van der Waals surface area (Å²) in [6, 6.07) is 0. The lowest BCUT2D eigenvalue weighted by molar-refractivity contribution is 0.0819. The second-order valence-electron chi connectivity index (χ2n) is 1.82. The number of hydrogen-bond donors (Lipinski definition) is 0. The smallest absolute Gasteiger partial charge is 0.0846 e. The molecular formula is C6H11BrCl2O. The van der Waals surface area contributed by atoms with Gasteiger partial charge in [-0.25, -0.2) is 0 Å². The van der Waals surface area contributed by atoms with Gasteiger partial charge in [-0.2, -0.15) is 0 Å². The molecule has 0 spiro atoms. The van der Waals surface area contributed by atoms with Crippen LogP contribution in [0.4, 0.5) is 0 Å². The second kappa shape index (κ2) is 6.71. The number of halogens is 3. The standard InChI is InChI=1S/C6H11BrCl2O/c1-2-10-6(4-9)5(7)3-8/h5-6H,2-4H2,1H3. The Kier molecular flexibility index (Phi) is 7.40. The fourth-order valence-electron chi connectivity index (χ4n) is 0.559. The topological polar surface area (TPSA) is 9.23 Å². The average Bonchev–Trinajstić information content (AvgIpc) is 1.99. The van der Waals surface area contributed by atoms with Crippen LogP contribution in [0.1, 0.15) is 6.92 Å². The normalized spacial score (nSPS) is 16.8. The van der Waals surface area contributed by atoms with Crippen LogP contribution in [-0.2, 0) is 4.74 Å². The molecule has 0 heterocycles. The maximum absolute atomic E-state index is 5.61. The second-order valence-corrected chi connectivity index (χ2v) is 3.61. The molecule has 62 valence electrons. The third-order valence-electron chi connectivity index (χ3n) is 1.08. The first-order valence-electron chi connectivity index (χ1n) is 3.13. The Hall–Kier alpha value is 1.02. The molecule has 0 rings (SSSR count). The van der Waals surface area contributed by atoms with E-state index in [4.69, 9.17) is 27.9 Å². The van der Waals surface area contributed by atoms with E-state index < -0.39 is 0 Å². The highest BCUT2D eigenvalue weighted by Gasteiger charge is 2.16. The minimum atomic E-state index is 0.0316. The Balaban J connectivity index is 3.56. The summed E-state index contributed by atoms with van der Waals surface area (Å²) in [6.45, 7) is 2.61. The van der Waals surface area contributed by atoms with E-state index in [1.54, 1.807) is 0 Å². The van der Waals surface area contributed by atoms with Crippen molar-refractivity contribution < 1.29 is 4.74 Å². The van der Waals surface area contributed by atoms with Crippen molar-refractivity contribution >= 4 is 39.1 Å². The van der Waals surface area contributed by atoms with E-state index in [1.807, 2.05) is 6.92 Å². The molecule has 0 aliphatic rings. The fourth-order valence-corrected chi connectivity index (χ4v) is 1.62. The molecule has 0 bridgehead atoms. The fraction of sp³-hybridized carbons (Fsp3) is 1.00. The molecule has 0 aromatic rings. The van der Waals surface area contributed by atoms with Gasteiger partial charge in [-0.05, 0) is 6.92 Å². The number of rotatable bonds is 5. The van der Waals surface area contributed by atoms with E-state index >= 15 is 0 Å². The lowest BCUT2D eigenvalue weighted by Crippen LogP contribution is -2.27. The quantitative estimate of drug-likeness (QED) is 0.681. The minimum Gasteiger partial charge on any atom is -0.376 e. The van der Waals surface area contributed by atoms with Crippen molar-refractivity contribution in [2.45, 2.75) is 17.9 Å². The summed E-state index contributed by atoms with van der Waals surface area (Å²) in [5.74, 6) is 1.01. The molecule has 2 unspecified atom stereocenters. The first-order valence-corrected chi connectivity index (χ1v) is 5.12. The van der Waals surface area contributed by atoms with Crippen molar-refractivity contribution in [2.75, 3.05) is 18.4 Å². The molecule has 0 aliphatic carbocycles. The van der Waals surface area contributed by atoms with Crippen LogP contribution in [0.5, 0.6) is 0 Å². The predicted octanol–water partition coefficient (Wildman–Crippen LogP) is 2.63. The van der Waals surface area contributed by atoms with Gasteiger partial charge in [0.05, 0.1) is 10.9 Å². The molecule has 0 radical (unpaired) electrons. The first kappa shape index (κ1) is 11.0. The van der Waals surface area contributed by atoms with Gasteiger partial charge in [-0.15, -0.1) is 23.2 Å². The molecule has 0 saturated heterocycles. The van der Waals surface area contributed by atoms with E-state index in [0.717, 1.165) is 0 Å². The van der Waals surface area contributed by atoms with Crippen LogP contribution in [-0.4, -0.2) is 29.3 Å². The van der Waals surface area contributed by atoms with Gasteiger partial charge in [0, 0.05) is 18.4 Å². The van der Waals surface area contributed by atoms with Gasteiger partial charge < -0.3 is 4.74 Å². The van der Waals surface area contributed by atoms with Crippen molar-refractivity contribution in [2.24, 2.45) is 0 Å². The maximum atomic E-state index is 5.61. The van der Waals surface area contributed by atoms with E-state index in [1.165, 1.54) is 0 Å². The van der Waals surface area contributed by atoms with Crippen LogP contribution in [0.25, 0.3) is 0 Å². The highest BCUT2D eigenvalue weighted by Crippen LogP contribution is 2.12. The van der Waals surface area contributed by atoms with Gasteiger partial charge >= 0.3 is 0 Å². The third-order valence-corrected chi connectivity index (χ3v) is 3.01. The average molecular weight is 250 g/mol. The molecule has 0 aromatic heterocycles. The van der Waals surface area contributed by atoms with E-state index in [2.05, 4.69) is 15.9 Å². The maximum Gasteiger partial charge on any atom is 0.0846 e. The molecule has 0 saturated carbocycles. The Bertz CT molecular complexity index is 82.1. The monoisotopic (exact) mass is 248 g/mol. The molecule has 0 N–H and O–H groups in total. The van der Waals surface area contributed by atoms with Crippen molar-refractivity contribution in [3.05, 3.63) is 0 Å². The zero-order valence-electron chi connectivity index (χ0n) is 5.82. The SMILES string of the molecule is CCOC(CCl)C(Br)CCl. The van der Waals surface area contributed by atoms with Crippen LogP contribution < -0.4 is 0 Å². The molecule has 10 heavy (non-hydrogen) atoms. The number of hydrogen-bond acceptors (Lipinski definition) is 1. The summed E-state index contributed by atoms with van der Waals surface area (Å²) in [4.78, 5) is 0.159. The van der Waals surface area contributed by atoms with Crippen LogP contribution in [0.3, 0.4) is 0 Å². The van der Waals surface area contributed by atoms with Crippen molar-refractivity contribution in [3.8, 4) is 0 Å². The molecule has 1 nitrogen and oxygen atoms in total. The molecular weight excluding hydrogens is 239 g/mol. The third kappa shape index (κ3) is 4.02. The van der Waals surface area contributed by atoms with Crippen LogP contribution in [0.2, 0.25) is 0 Å². The Morgan fingerprint density at radius 3 is 2.30 bits per heavy atom. The van der Waals surface area contributed by atoms with Gasteiger partial charge in [0.25, 0.3) is 0 Å². The first-order chi connectivity index (χ1) is 4.76. The minimum absolute atomic E-state index is 0.0316.